The summed E-state index contributed by atoms with van der Waals surface area (Å²) in [5.74, 6) is 0.504. The maximum atomic E-state index is 10.9. The number of nitrogens with zero attached hydrogens (tertiary/aromatic N) is 2. The van der Waals surface area contributed by atoms with Crippen LogP contribution in [0.3, 0.4) is 0 Å². The van der Waals surface area contributed by atoms with Gasteiger partial charge in [0.1, 0.15) is 12.4 Å². The van der Waals surface area contributed by atoms with Crippen molar-refractivity contribution in [2.75, 3.05) is 0 Å². The Morgan fingerprint density at radius 1 is 1.28 bits per heavy atom. The second-order valence-corrected chi connectivity index (χ2v) is 4.50. The molecule has 4 nitrogen and oxygen atoms in total. The maximum absolute atomic E-state index is 10.9. The van der Waals surface area contributed by atoms with E-state index in [0.717, 1.165) is 23.7 Å². The molecule has 18 heavy (non-hydrogen) atoms. The highest BCUT2D eigenvalue weighted by Crippen LogP contribution is 2.11. The van der Waals surface area contributed by atoms with E-state index in [-0.39, 0.29) is 12.5 Å². The predicted octanol–water partition coefficient (Wildman–Crippen LogP) is 1.81. The van der Waals surface area contributed by atoms with E-state index in [9.17, 15) is 4.79 Å². The standard InChI is InChI=1S/C13H14ClN3O/c14-11-4-1-10(2-5-11)3-6-13-16-7-8-17(13)9-12(15)18/h1-2,4-5,7-8H,3,6,9H2,(H2,15,18). The Morgan fingerprint density at radius 2 is 2.00 bits per heavy atom. The van der Waals surface area contributed by atoms with Gasteiger partial charge in [0.15, 0.2) is 0 Å². The SMILES string of the molecule is NC(=O)Cn1ccnc1CCc1ccc(Cl)cc1. The van der Waals surface area contributed by atoms with Crippen molar-refractivity contribution in [2.45, 2.75) is 19.4 Å². The highest BCUT2D eigenvalue weighted by Gasteiger charge is 2.05. The molecule has 0 saturated heterocycles. The summed E-state index contributed by atoms with van der Waals surface area (Å²) in [7, 11) is 0. The van der Waals surface area contributed by atoms with Crippen molar-refractivity contribution in [1.29, 1.82) is 0 Å². The Balaban J connectivity index is 1.99. The predicted molar refractivity (Wildman–Crippen MR) is 70.3 cm³/mol. The van der Waals surface area contributed by atoms with Crippen molar-refractivity contribution in [2.24, 2.45) is 5.73 Å². The van der Waals surface area contributed by atoms with Gasteiger partial charge < -0.3 is 10.3 Å². The van der Waals surface area contributed by atoms with Crippen molar-refractivity contribution < 1.29 is 4.79 Å². The number of benzene rings is 1. The molecular weight excluding hydrogens is 250 g/mol. The van der Waals surface area contributed by atoms with E-state index >= 15 is 0 Å². The summed E-state index contributed by atoms with van der Waals surface area (Å²) in [5, 5.41) is 0.731. The van der Waals surface area contributed by atoms with Crippen LogP contribution >= 0.6 is 11.6 Å². The highest BCUT2D eigenvalue weighted by molar-refractivity contribution is 6.30. The van der Waals surface area contributed by atoms with Crippen LogP contribution in [0.15, 0.2) is 36.7 Å². The van der Waals surface area contributed by atoms with Gasteiger partial charge >= 0.3 is 0 Å². The van der Waals surface area contributed by atoms with Gasteiger partial charge in [-0.15, -0.1) is 0 Å². The Bertz CT molecular complexity index is 533. The number of carbonyl (C=O) groups is 1. The molecule has 2 aromatic rings. The summed E-state index contributed by atoms with van der Waals surface area (Å²) < 4.78 is 1.78. The molecule has 0 unspecified atom stereocenters. The molecule has 2 rings (SSSR count). The lowest BCUT2D eigenvalue weighted by molar-refractivity contribution is -0.118. The Labute approximate surface area is 110 Å². The lowest BCUT2D eigenvalue weighted by Gasteiger charge is -2.05. The van der Waals surface area contributed by atoms with E-state index < -0.39 is 0 Å². The maximum Gasteiger partial charge on any atom is 0.237 e. The Hall–Kier alpha value is -1.81. The zero-order valence-electron chi connectivity index (χ0n) is 9.84. The summed E-state index contributed by atoms with van der Waals surface area (Å²) in [6.07, 6.45) is 5.07. The minimum atomic E-state index is -0.360. The molecule has 0 spiro atoms. The first-order valence-corrected chi connectivity index (χ1v) is 6.05. The molecule has 0 aliphatic carbocycles. The fraction of sp³-hybridized carbons (Fsp3) is 0.231. The molecule has 1 amide bonds. The Kier molecular flexibility index (Phi) is 3.99. The molecule has 0 saturated carbocycles. The second-order valence-electron chi connectivity index (χ2n) is 4.06. The van der Waals surface area contributed by atoms with E-state index in [1.54, 1.807) is 17.0 Å². The normalized spacial score (nSPS) is 10.5. The van der Waals surface area contributed by atoms with Gasteiger partial charge in [-0.05, 0) is 24.1 Å². The minimum Gasteiger partial charge on any atom is -0.368 e. The summed E-state index contributed by atoms with van der Waals surface area (Å²) in [6.45, 7) is 0.177. The van der Waals surface area contributed by atoms with Gasteiger partial charge in [-0.25, -0.2) is 4.98 Å². The zero-order valence-corrected chi connectivity index (χ0v) is 10.6. The number of hydrogen-bond donors (Lipinski definition) is 1. The average Bonchev–Trinajstić information content (AvgIpc) is 2.75. The topological polar surface area (TPSA) is 60.9 Å². The van der Waals surface area contributed by atoms with E-state index in [1.165, 1.54) is 5.56 Å². The number of primary amides is 1. The third-order valence-corrected chi connectivity index (χ3v) is 2.93. The van der Waals surface area contributed by atoms with Crippen LogP contribution < -0.4 is 5.73 Å². The van der Waals surface area contributed by atoms with Gasteiger partial charge in [0.05, 0.1) is 0 Å². The van der Waals surface area contributed by atoms with Crippen molar-refractivity contribution in [1.82, 2.24) is 9.55 Å². The van der Waals surface area contributed by atoms with E-state index in [0.29, 0.717) is 0 Å². The monoisotopic (exact) mass is 263 g/mol. The third-order valence-electron chi connectivity index (χ3n) is 2.68. The molecule has 0 atom stereocenters. The molecule has 1 aromatic heterocycles. The molecule has 0 aliphatic rings. The first-order valence-electron chi connectivity index (χ1n) is 5.68. The molecule has 2 N–H and O–H groups in total. The molecule has 0 aliphatic heterocycles. The van der Waals surface area contributed by atoms with E-state index in [1.807, 2.05) is 24.3 Å². The summed E-state index contributed by atoms with van der Waals surface area (Å²) in [5.41, 5.74) is 6.36. The van der Waals surface area contributed by atoms with Crippen molar-refractivity contribution in [3.8, 4) is 0 Å². The minimum absolute atomic E-state index is 0.177. The van der Waals surface area contributed by atoms with Crippen LogP contribution in [0.1, 0.15) is 11.4 Å². The molecule has 94 valence electrons. The largest absolute Gasteiger partial charge is 0.368 e. The highest BCUT2D eigenvalue weighted by atomic mass is 35.5. The fourth-order valence-electron chi connectivity index (χ4n) is 1.79. The fourth-order valence-corrected chi connectivity index (χ4v) is 1.91. The molecule has 5 heteroatoms. The number of imidazole rings is 1. The van der Waals surface area contributed by atoms with Crippen LogP contribution in [0.2, 0.25) is 5.02 Å². The van der Waals surface area contributed by atoms with Crippen LogP contribution in [0.5, 0.6) is 0 Å². The second kappa shape index (κ2) is 5.69. The summed E-state index contributed by atoms with van der Waals surface area (Å²) in [4.78, 5) is 15.1. The van der Waals surface area contributed by atoms with Gasteiger partial charge in [0.2, 0.25) is 5.91 Å². The number of aromatic nitrogens is 2. The van der Waals surface area contributed by atoms with E-state index in [4.69, 9.17) is 17.3 Å². The lowest BCUT2D eigenvalue weighted by Crippen LogP contribution is -2.19. The van der Waals surface area contributed by atoms with Gasteiger partial charge in [-0.1, -0.05) is 23.7 Å². The van der Waals surface area contributed by atoms with Crippen LogP contribution in [0.4, 0.5) is 0 Å². The number of hydrogen-bond acceptors (Lipinski definition) is 2. The van der Waals surface area contributed by atoms with Crippen molar-refractivity contribution >= 4 is 17.5 Å². The molecule has 0 bridgehead atoms. The number of rotatable bonds is 5. The van der Waals surface area contributed by atoms with Crippen LogP contribution in [-0.2, 0) is 24.2 Å². The number of halogens is 1. The number of carbonyl (C=O) groups excluding carboxylic acids is 1. The van der Waals surface area contributed by atoms with Gasteiger partial charge in [-0.2, -0.15) is 0 Å². The molecular formula is C13H14ClN3O. The molecule has 1 heterocycles. The Morgan fingerprint density at radius 3 is 2.67 bits per heavy atom. The first kappa shape index (κ1) is 12.6. The van der Waals surface area contributed by atoms with E-state index in [2.05, 4.69) is 4.98 Å². The zero-order chi connectivity index (χ0) is 13.0. The summed E-state index contributed by atoms with van der Waals surface area (Å²) in [6, 6.07) is 7.72. The number of nitrogens with two attached hydrogens (primary N) is 1. The smallest absolute Gasteiger partial charge is 0.237 e. The lowest BCUT2D eigenvalue weighted by atomic mass is 10.1. The van der Waals surface area contributed by atoms with Crippen LogP contribution in [0.25, 0.3) is 0 Å². The average molecular weight is 264 g/mol. The quantitative estimate of drug-likeness (QED) is 0.894. The molecule has 1 aromatic carbocycles. The molecule has 0 fully saturated rings. The summed E-state index contributed by atoms with van der Waals surface area (Å²) >= 11 is 5.83. The first-order chi connectivity index (χ1) is 8.65. The number of aryl methyl sites for hydroxylation is 2. The van der Waals surface area contributed by atoms with Gasteiger partial charge in [0.25, 0.3) is 0 Å². The van der Waals surface area contributed by atoms with Crippen molar-refractivity contribution in [3.63, 3.8) is 0 Å². The number of amides is 1. The van der Waals surface area contributed by atoms with Crippen LogP contribution in [-0.4, -0.2) is 15.5 Å². The van der Waals surface area contributed by atoms with Crippen LogP contribution in [0, 0.1) is 0 Å². The molecule has 0 radical (unpaired) electrons. The third kappa shape index (κ3) is 3.34. The van der Waals surface area contributed by atoms with Gasteiger partial charge in [-0.3, -0.25) is 4.79 Å². The van der Waals surface area contributed by atoms with Gasteiger partial charge in [0, 0.05) is 23.8 Å². The van der Waals surface area contributed by atoms with Crippen molar-refractivity contribution in [3.05, 3.63) is 53.1 Å².